The maximum absolute atomic E-state index is 11.0. The summed E-state index contributed by atoms with van der Waals surface area (Å²) < 4.78 is 22.0. The number of rotatable bonds is 4. The fraction of sp³-hybridized carbons (Fsp3) is 1.00. The molecule has 1 aliphatic rings. The van der Waals surface area contributed by atoms with Crippen molar-refractivity contribution in [2.24, 2.45) is 5.92 Å². The number of sulfone groups is 1. The summed E-state index contributed by atoms with van der Waals surface area (Å²) in [6.45, 7) is 1.61. The van der Waals surface area contributed by atoms with E-state index in [0.717, 1.165) is 12.8 Å². The minimum atomic E-state index is -2.97. The van der Waals surface area contributed by atoms with Crippen LogP contribution >= 0.6 is 0 Å². The van der Waals surface area contributed by atoms with Crippen LogP contribution in [0.4, 0.5) is 0 Å². The molecule has 1 N–H and O–H groups in total. The van der Waals surface area contributed by atoms with Crippen LogP contribution in [0.5, 0.6) is 0 Å². The molecular formula is C7H14O3S. The van der Waals surface area contributed by atoms with Gasteiger partial charge in [0, 0.05) is 5.75 Å². The van der Waals surface area contributed by atoms with Crippen LogP contribution in [0.15, 0.2) is 0 Å². The fourth-order valence-corrected chi connectivity index (χ4v) is 2.02. The van der Waals surface area contributed by atoms with Gasteiger partial charge in [-0.1, -0.05) is 6.92 Å². The maximum Gasteiger partial charge on any atom is 0.152 e. The predicted octanol–water partition coefficient (Wildman–Crippen LogP) is 0.192. The van der Waals surface area contributed by atoms with E-state index in [1.807, 2.05) is 0 Å². The molecule has 1 atom stereocenters. The molecule has 66 valence electrons. The molecule has 0 unspecified atom stereocenters. The van der Waals surface area contributed by atoms with Crippen molar-refractivity contribution in [3.63, 3.8) is 0 Å². The van der Waals surface area contributed by atoms with E-state index in [1.165, 1.54) is 0 Å². The van der Waals surface area contributed by atoms with E-state index < -0.39 is 15.9 Å². The van der Waals surface area contributed by atoms with E-state index in [9.17, 15) is 13.5 Å². The lowest BCUT2D eigenvalue weighted by Gasteiger charge is -2.07. The third-order valence-corrected chi connectivity index (χ3v) is 3.76. The lowest BCUT2D eigenvalue weighted by atomic mass is 10.3. The lowest BCUT2D eigenvalue weighted by Crippen LogP contribution is -2.23. The second-order valence-corrected chi connectivity index (χ2v) is 5.50. The summed E-state index contributed by atoms with van der Waals surface area (Å²) in [5.74, 6) is 0.349. The highest BCUT2D eigenvalue weighted by Gasteiger charge is 2.32. The van der Waals surface area contributed by atoms with Gasteiger partial charge in [0.2, 0.25) is 0 Å². The summed E-state index contributed by atoms with van der Waals surface area (Å²) in [7, 11) is -2.97. The zero-order chi connectivity index (χ0) is 8.48. The van der Waals surface area contributed by atoms with E-state index in [0.29, 0.717) is 0 Å². The maximum atomic E-state index is 11.0. The predicted molar refractivity (Wildman–Crippen MR) is 43.1 cm³/mol. The number of hydrogen-bond acceptors (Lipinski definition) is 3. The van der Waals surface area contributed by atoms with Gasteiger partial charge in [-0.05, 0) is 18.8 Å². The topological polar surface area (TPSA) is 54.4 Å². The van der Waals surface area contributed by atoms with Gasteiger partial charge in [-0.15, -0.1) is 0 Å². The van der Waals surface area contributed by atoms with Crippen molar-refractivity contribution in [1.29, 1.82) is 0 Å². The molecule has 0 spiro atoms. The molecule has 0 radical (unpaired) electrons. The first-order valence-electron chi connectivity index (χ1n) is 3.93. The highest BCUT2D eigenvalue weighted by molar-refractivity contribution is 7.91. The van der Waals surface area contributed by atoms with Crippen LogP contribution in [0.1, 0.15) is 19.8 Å². The molecule has 1 saturated carbocycles. The molecule has 0 aromatic rings. The van der Waals surface area contributed by atoms with Crippen LogP contribution in [0.2, 0.25) is 0 Å². The lowest BCUT2D eigenvalue weighted by molar-refractivity contribution is 0.174. The standard InChI is InChI=1S/C7H14O3S/c1-2-11(9,10)5-7(8)6-3-4-6/h6-8H,2-5H2,1H3/t7-/m1/s1. The zero-order valence-electron chi connectivity index (χ0n) is 6.66. The molecule has 0 aliphatic heterocycles. The van der Waals surface area contributed by atoms with Crippen molar-refractivity contribution in [3.8, 4) is 0 Å². The largest absolute Gasteiger partial charge is 0.392 e. The van der Waals surface area contributed by atoms with Crippen molar-refractivity contribution >= 4 is 9.84 Å². The number of hydrogen-bond donors (Lipinski definition) is 1. The zero-order valence-corrected chi connectivity index (χ0v) is 7.47. The normalized spacial score (nSPS) is 21.6. The Hall–Kier alpha value is -0.0900. The van der Waals surface area contributed by atoms with Crippen LogP contribution in [0.25, 0.3) is 0 Å². The Morgan fingerprint density at radius 1 is 1.55 bits per heavy atom. The third-order valence-electron chi connectivity index (χ3n) is 2.03. The first-order valence-corrected chi connectivity index (χ1v) is 5.76. The summed E-state index contributed by atoms with van der Waals surface area (Å²) >= 11 is 0. The molecule has 11 heavy (non-hydrogen) atoms. The SMILES string of the molecule is CCS(=O)(=O)C[C@@H](O)C1CC1. The van der Waals surface area contributed by atoms with Crippen LogP contribution in [0.3, 0.4) is 0 Å². The molecule has 0 heterocycles. The first-order chi connectivity index (χ1) is 5.05. The van der Waals surface area contributed by atoms with E-state index >= 15 is 0 Å². The Morgan fingerprint density at radius 3 is 2.45 bits per heavy atom. The Kier molecular flexibility index (Phi) is 2.54. The Labute approximate surface area is 67.3 Å². The highest BCUT2D eigenvalue weighted by Crippen LogP contribution is 2.33. The smallest absolute Gasteiger partial charge is 0.152 e. The van der Waals surface area contributed by atoms with Gasteiger partial charge in [-0.25, -0.2) is 8.42 Å². The van der Waals surface area contributed by atoms with Gasteiger partial charge in [0.25, 0.3) is 0 Å². The van der Waals surface area contributed by atoms with Crippen molar-refractivity contribution < 1.29 is 13.5 Å². The first kappa shape index (κ1) is 9.00. The van der Waals surface area contributed by atoms with E-state index in [2.05, 4.69) is 0 Å². The molecule has 4 heteroatoms. The Balaban J connectivity index is 2.40. The summed E-state index contributed by atoms with van der Waals surface area (Å²) in [5, 5.41) is 9.28. The van der Waals surface area contributed by atoms with Crippen molar-refractivity contribution in [2.75, 3.05) is 11.5 Å². The van der Waals surface area contributed by atoms with Crippen LogP contribution < -0.4 is 0 Å². The van der Waals surface area contributed by atoms with Gasteiger partial charge in [-0.2, -0.15) is 0 Å². The molecule has 3 nitrogen and oxygen atoms in total. The van der Waals surface area contributed by atoms with Crippen molar-refractivity contribution in [2.45, 2.75) is 25.9 Å². The van der Waals surface area contributed by atoms with Gasteiger partial charge in [0.05, 0.1) is 11.9 Å². The van der Waals surface area contributed by atoms with Gasteiger partial charge in [-0.3, -0.25) is 0 Å². The molecule has 0 bridgehead atoms. The summed E-state index contributed by atoms with van der Waals surface area (Å²) in [4.78, 5) is 0. The molecule has 1 aliphatic carbocycles. The molecule has 1 rings (SSSR count). The fourth-order valence-electron chi connectivity index (χ4n) is 0.995. The van der Waals surface area contributed by atoms with Crippen LogP contribution in [-0.2, 0) is 9.84 Å². The van der Waals surface area contributed by atoms with E-state index in [4.69, 9.17) is 0 Å². The Bertz CT molecular complexity index is 216. The average Bonchev–Trinajstić information content (AvgIpc) is 2.67. The number of aliphatic hydroxyl groups is 1. The minimum Gasteiger partial charge on any atom is -0.392 e. The highest BCUT2D eigenvalue weighted by atomic mass is 32.2. The average molecular weight is 178 g/mol. The molecule has 1 fully saturated rings. The molecule has 0 amide bonds. The summed E-state index contributed by atoms with van der Waals surface area (Å²) in [6.07, 6.45) is 1.36. The van der Waals surface area contributed by atoms with Gasteiger partial charge < -0.3 is 5.11 Å². The summed E-state index contributed by atoms with van der Waals surface area (Å²) in [5.41, 5.74) is 0. The molecule has 0 saturated heterocycles. The van der Waals surface area contributed by atoms with Crippen molar-refractivity contribution in [1.82, 2.24) is 0 Å². The Morgan fingerprint density at radius 2 is 2.09 bits per heavy atom. The van der Waals surface area contributed by atoms with Crippen LogP contribution in [-0.4, -0.2) is 31.1 Å². The van der Waals surface area contributed by atoms with Gasteiger partial charge in [0.1, 0.15) is 0 Å². The van der Waals surface area contributed by atoms with E-state index in [1.54, 1.807) is 6.92 Å². The van der Waals surface area contributed by atoms with Crippen molar-refractivity contribution in [3.05, 3.63) is 0 Å². The van der Waals surface area contributed by atoms with E-state index in [-0.39, 0.29) is 17.4 Å². The van der Waals surface area contributed by atoms with Crippen LogP contribution in [0, 0.1) is 5.92 Å². The molecular weight excluding hydrogens is 164 g/mol. The second-order valence-electron chi connectivity index (χ2n) is 3.10. The van der Waals surface area contributed by atoms with Gasteiger partial charge >= 0.3 is 0 Å². The summed E-state index contributed by atoms with van der Waals surface area (Å²) in [6, 6.07) is 0. The monoisotopic (exact) mass is 178 g/mol. The number of aliphatic hydroxyl groups excluding tert-OH is 1. The molecule has 0 aromatic heterocycles. The quantitative estimate of drug-likeness (QED) is 0.668. The second kappa shape index (κ2) is 3.11. The van der Waals surface area contributed by atoms with Gasteiger partial charge in [0.15, 0.2) is 9.84 Å². The molecule has 0 aromatic carbocycles. The minimum absolute atomic E-state index is 0.0475. The third kappa shape index (κ3) is 2.79.